The maximum Gasteiger partial charge on any atom is 0.0630 e. The van der Waals surface area contributed by atoms with Gasteiger partial charge in [-0.25, -0.2) is 0 Å². The Morgan fingerprint density at radius 1 is 1.20 bits per heavy atom. The van der Waals surface area contributed by atoms with Crippen LogP contribution in [0.1, 0.15) is 11.1 Å². The first-order valence-corrected chi connectivity index (χ1v) is 7.41. The monoisotopic (exact) mass is 277 g/mol. The van der Waals surface area contributed by atoms with E-state index < -0.39 is 0 Å². The van der Waals surface area contributed by atoms with Crippen molar-refractivity contribution in [3.05, 3.63) is 29.3 Å². The molecule has 1 aromatic carbocycles. The first kappa shape index (κ1) is 15.3. The zero-order valence-electron chi connectivity index (χ0n) is 12.9. The van der Waals surface area contributed by atoms with Crippen molar-refractivity contribution in [2.75, 3.05) is 51.3 Å². The van der Waals surface area contributed by atoms with Gasteiger partial charge in [-0.1, -0.05) is 12.1 Å². The lowest BCUT2D eigenvalue weighted by Gasteiger charge is -2.40. The average molecular weight is 277 g/mol. The van der Waals surface area contributed by atoms with Crippen LogP contribution in [0.3, 0.4) is 0 Å². The van der Waals surface area contributed by atoms with Crippen molar-refractivity contribution in [2.24, 2.45) is 5.73 Å². The number of benzene rings is 1. The zero-order chi connectivity index (χ0) is 14.5. The zero-order valence-corrected chi connectivity index (χ0v) is 12.9. The second-order valence-electron chi connectivity index (χ2n) is 5.59. The second-order valence-corrected chi connectivity index (χ2v) is 5.59. The van der Waals surface area contributed by atoms with E-state index in [0.717, 1.165) is 32.8 Å². The van der Waals surface area contributed by atoms with Crippen molar-refractivity contribution in [3.8, 4) is 0 Å². The summed E-state index contributed by atoms with van der Waals surface area (Å²) in [5.74, 6) is 0. The van der Waals surface area contributed by atoms with E-state index in [2.05, 4.69) is 41.8 Å². The van der Waals surface area contributed by atoms with Gasteiger partial charge in [0.25, 0.3) is 0 Å². The van der Waals surface area contributed by atoms with Gasteiger partial charge in [0.05, 0.1) is 6.61 Å². The lowest BCUT2D eigenvalue weighted by Crippen LogP contribution is -2.54. The average Bonchev–Trinajstić information content (AvgIpc) is 2.48. The Bertz CT molecular complexity index is 428. The van der Waals surface area contributed by atoms with Gasteiger partial charge in [-0.2, -0.15) is 0 Å². The van der Waals surface area contributed by atoms with Gasteiger partial charge in [0.15, 0.2) is 0 Å². The van der Waals surface area contributed by atoms with Gasteiger partial charge in [0.1, 0.15) is 0 Å². The van der Waals surface area contributed by atoms with E-state index in [4.69, 9.17) is 10.5 Å². The summed E-state index contributed by atoms with van der Waals surface area (Å²) in [6.07, 6.45) is 0. The minimum Gasteiger partial charge on any atom is -0.383 e. The largest absolute Gasteiger partial charge is 0.383 e. The van der Waals surface area contributed by atoms with Gasteiger partial charge in [-0.15, -0.1) is 0 Å². The summed E-state index contributed by atoms with van der Waals surface area (Å²) in [6, 6.07) is 6.91. The number of nitrogens with zero attached hydrogens (tertiary/aromatic N) is 2. The highest BCUT2D eigenvalue weighted by Crippen LogP contribution is 2.24. The molecule has 0 bridgehead atoms. The van der Waals surface area contributed by atoms with Gasteiger partial charge in [-0.05, 0) is 31.0 Å². The molecule has 4 nitrogen and oxygen atoms in total. The van der Waals surface area contributed by atoms with Crippen LogP contribution in [0.15, 0.2) is 18.2 Å². The Labute approximate surface area is 122 Å². The lowest BCUT2D eigenvalue weighted by molar-refractivity contribution is 0.0900. The van der Waals surface area contributed by atoms with Gasteiger partial charge >= 0.3 is 0 Å². The number of ether oxygens (including phenoxy) is 1. The van der Waals surface area contributed by atoms with Crippen molar-refractivity contribution in [2.45, 2.75) is 19.9 Å². The number of aryl methyl sites for hydroxylation is 1. The summed E-state index contributed by atoms with van der Waals surface area (Å²) in [5.41, 5.74) is 9.98. The maximum absolute atomic E-state index is 5.84. The molecule has 1 heterocycles. The van der Waals surface area contributed by atoms with Crippen molar-refractivity contribution < 1.29 is 4.74 Å². The molecule has 1 fully saturated rings. The molecular formula is C16H27N3O. The van der Waals surface area contributed by atoms with Crippen LogP contribution in [-0.2, 0) is 4.74 Å². The molecule has 1 atom stereocenters. The number of hydrogen-bond acceptors (Lipinski definition) is 4. The van der Waals surface area contributed by atoms with Gasteiger partial charge in [0.2, 0.25) is 0 Å². The number of hydrogen-bond donors (Lipinski definition) is 1. The van der Waals surface area contributed by atoms with E-state index in [9.17, 15) is 0 Å². The van der Waals surface area contributed by atoms with Crippen LogP contribution in [0.2, 0.25) is 0 Å². The number of methoxy groups -OCH3 is 1. The highest BCUT2D eigenvalue weighted by atomic mass is 16.5. The topological polar surface area (TPSA) is 41.7 Å². The first-order chi connectivity index (χ1) is 9.67. The van der Waals surface area contributed by atoms with Gasteiger partial charge in [-0.3, -0.25) is 4.90 Å². The highest BCUT2D eigenvalue weighted by Gasteiger charge is 2.23. The molecule has 1 aliphatic rings. The van der Waals surface area contributed by atoms with Gasteiger partial charge in [0, 0.05) is 51.6 Å². The number of piperazine rings is 1. The van der Waals surface area contributed by atoms with Gasteiger partial charge < -0.3 is 15.4 Å². The normalized spacial score (nSPS) is 18.3. The molecule has 0 aliphatic carbocycles. The summed E-state index contributed by atoms with van der Waals surface area (Å²) in [4.78, 5) is 4.93. The molecule has 0 aromatic heterocycles. The lowest BCUT2D eigenvalue weighted by atomic mass is 10.1. The van der Waals surface area contributed by atoms with E-state index in [1.807, 2.05) is 0 Å². The molecule has 4 heteroatoms. The molecule has 0 radical (unpaired) electrons. The Morgan fingerprint density at radius 2 is 1.90 bits per heavy atom. The fourth-order valence-electron chi connectivity index (χ4n) is 2.92. The molecule has 112 valence electrons. The SMILES string of the molecule is COCC(CN)N1CCN(c2cccc(C)c2C)CC1. The Balaban J connectivity index is 1.99. The van der Waals surface area contributed by atoms with E-state index in [1.165, 1.54) is 16.8 Å². The summed E-state index contributed by atoms with van der Waals surface area (Å²) in [6.45, 7) is 10.0. The van der Waals surface area contributed by atoms with Crippen molar-refractivity contribution in [1.29, 1.82) is 0 Å². The minimum absolute atomic E-state index is 0.348. The molecule has 0 amide bonds. The molecule has 1 aliphatic heterocycles. The van der Waals surface area contributed by atoms with Crippen LogP contribution >= 0.6 is 0 Å². The smallest absolute Gasteiger partial charge is 0.0630 e. The number of nitrogens with two attached hydrogens (primary N) is 1. The first-order valence-electron chi connectivity index (χ1n) is 7.41. The molecule has 20 heavy (non-hydrogen) atoms. The Hall–Kier alpha value is -1.10. The molecule has 1 unspecified atom stereocenters. The fourth-order valence-corrected chi connectivity index (χ4v) is 2.92. The molecule has 2 rings (SSSR count). The maximum atomic E-state index is 5.84. The Kier molecular flexibility index (Phi) is 5.40. The predicted octanol–water partition coefficient (Wildman–Crippen LogP) is 1.40. The standard InChI is InChI=1S/C16H27N3O/c1-13-5-4-6-16(14(13)2)19-9-7-18(8-10-19)15(11-17)12-20-3/h4-6,15H,7-12,17H2,1-3H3. The molecule has 0 spiro atoms. The third-order valence-corrected chi connectivity index (χ3v) is 4.38. The van der Waals surface area contributed by atoms with E-state index in [0.29, 0.717) is 12.6 Å². The van der Waals surface area contributed by atoms with E-state index >= 15 is 0 Å². The van der Waals surface area contributed by atoms with Crippen LogP contribution in [0, 0.1) is 13.8 Å². The quantitative estimate of drug-likeness (QED) is 0.883. The van der Waals surface area contributed by atoms with Crippen LogP contribution in [0.25, 0.3) is 0 Å². The van der Waals surface area contributed by atoms with Crippen molar-refractivity contribution in [1.82, 2.24) is 4.90 Å². The summed E-state index contributed by atoms with van der Waals surface area (Å²) in [5, 5.41) is 0. The second kappa shape index (κ2) is 7.07. The summed E-state index contributed by atoms with van der Waals surface area (Å²) in [7, 11) is 1.75. The van der Waals surface area contributed by atoms with Crippen LogP contribution in [0.4, 0.5) is 5.69 Å². The fraction of sp³-hybridized carbons (Fsp3) is 0.625. The van der Waals surface area contributed by atoms with Crippen molar-refractivity contribution >= 4 is 5.69 Å². The minimum atomic E-state index is 0.348. The molecule has 0 saturated carbocycles. The molecular weight excluding hydrogens is 250 g/mol. The molecule has 1 aromatic rings. The molecule has 1 saturated heterocycles. The molecule has 2 N–H and O–H groups in total. The Morgan fingerprint density at radius 3 is 2.50 bits per heavy atom. The van der Waals surface area contributed by atoms with E-state index in [-0.39, 0.29) is 0 Å². The number of anilines is 1. The van der Waals surface area contributed by atoms with E-state index in [1.54, 1.807) is 7.11 Å². The van der Waals surface area contributed by atoms with Crippen LogP contribution in [0.5, 0.6) is 0 Å². The summed E-state index contributed by atoms with van der Waals surface area (Å²) < 4.78 is 5.26. The number of rotatable bonds is 5. The van der Waals surface area contributed by atoms with Crippen LogP contribution < -0.4 is 10.6 Å². The van der Waals surface area contributed by atoms with Crippen molar-refractivity contribution in [3.63, 3.8) is 0 Å². The third kappa shape index (κ3) is 3.32. The summed E-state index contributed by atoms with van der Waals surface area (Å²) >= 11 is 0. The predicted molar refractivity (Wildman–Crippen MR) is 84.4 cm³/mol. The third-order valence-electron chi connectivity index (χ3n) is 4.38. The highest BCUT2D eigenvalue weighted by molar-refractivity contribution is 5.56. The van der Waals surface area contributed by atoms with Crippen LogP contribution in [-0.4, -0.2) is 57.4 Å².